The lowest BCUT2D eigenvalue weighted by molar-refractivity contribution is 0.458. The van der Waals surface area contributed by atoms with Crippen molar-refractivity contribution in [2.75, 3.05) is 19.6 Å². The van der Waals surface area contributed by atoms with Crippen LogP contribution >= 0.6 is 0 Å². The summed E-state index contributed by atoms with van der Waals surface area (Å²) in [5.74, 6) is 0.750. The number of hydrogen-bond donors (Lipinski definition) is 1. The van der Waals surface area contributed by atoms with Crippen LogP contribution < -0.4 is 5.73 Å². The fourth-order valence-electron chi connectivity index (χ4n) is 2.54. The molecule has 1 atom stereocenters. The second-order valence-corrected chi connectivity index (χ2v) is 7.30. The van der Waals surface area contributed by atoms with E-state index in [-0.39, 0.29) is 10.8 Å². The molecule has 0 bridgehead atoms. The molecule has 1 saturated heterocycles. The van der Waals surface area contributed by atoms with Gasteiger partial charge in [-0.2, -0.15) is 4.31 Å². The summed E-state index contributed by atoms with van der Waals surface area (Å²) in [6, 6.07) is 9.45. The first-order chi connectivity index (χ1) is 10.6. The minimum atomic E-state index is -3.53. The Balaban J connectivity index is 1.83. The summed E-state index contributed by atoms with van der Waals surface area (Å²) in [7, 11) is -3.53. The van der Waals surface area contributed by atoms with Crippen LogP contribution in [0, 0.1) is 5.92 Å². The van der Waals surface area contributed by atoms with E-state index in [0.717, 1.165) is 12.0 Å². The SMILES string of the molecule is NCC1CCN(S(=O)(=O)c2cnc(-c3ccccc3)nc2)C1. The molecule has 1 aromatic carbocycles. The van der Waals surface area contributed by atoms with Gasteiger partial charge in [-0.05, 0) is 18.9 Å². The number of benzene rings is 1. The van der Waals surface area contributed by atoms with E-state index in [1.165, 1.54) is 16.7 Å². The maximum Gasteiger partial charge on any atom is 0.246 e. The summed E-state index contributed by atoms with van der Waals surface area (Å²) in [5.41, 5.74) is 6.47. The number of sulfonamides is 1. The molecule has 0 saturated carbocycles. The molecule has 2 N–H and O–H groups in total. The molecule has 3 rings (SSSR count). The first-order valence-electron chi connectivity index (χ1n) is 7.19. The first kappa shape index (κ1) is 15.1. The minimum Gasteiger partial charge on any atom is -0.330 e. The highest BCUT2D eigenvalue weighted by Crippen LogP contribution is 2.23. The van der Waals surface area contributed by atoms with E-state index < -0.39 is 10.0 Å². The van der Waals surface area contributed by atoms with E-state index in [1.54, 1.807) is 0 Å². The van der Waals surface area contributed by atoms with E-state index in [0.29, 0.717) is 25.5 Å². The van der Waals surface area contributed by atoms with E-state index in [2.05, 4.69) is 9.97 Å². The molecule has 7 heteroatoms. The molecule has 6 nitrogen and oxygen atoms in total. The van der Waals surface area contributed by atoms with Crippen molar-refractivity contribution in [1.82, 2.24) is 14.3 Å². The second kappa shape index (κ2) is 6.12. The zero-order valence-electron chi connectivity index (χ0n) is 12.1. The van der Waals surface area contributed by atoms with Gasteiger partial charge in [-0.15, -0.1) is 0 Å². The van der Waals surface area contributed by atoms with Gasteiger partial charge in [-0.1, -0.05) is 30.3 Å². The lowest BCUT2D eigenvalue weighted by Gasteiger charge is -2.16. The summed E-state index contributed by atoms with van der Waals surface area (Å²) in [5, 5.41) is 0. The predicted octanol–water partition coefficient (Wildman–Crippen LogP) is 1.11. The Morgan fingerprint density at radius 3 is 2.45 bits per heavy atom. The van der Waals surface area contributed by atoms with E-state index in [9.17, 15) is 8.42 Å². The van der Waals surface area contributed by atoms with Crippen LogP contribution in [-0.4, -0.2) is 42.3 Å². The quantitative estimate of drug-likeness (QED) is 0.912. The van der Waals surface area contributed by atoms with Gasteiger partial charge in [0.25, 0.3) is 0 Å². The number of rotatable bonds is 4. The molecule has 1 aromatic heterocycles. The predicted molar refractivity (Wildman–Crippen MR) is 83.4 cm³/mol. The number of nitrogens with two attached hydrogens (primary N) is 1. The average Bonchev–Trinajstić information content (AvgIpc) is 3.06. The van der Waals surface area contributed by atoms with Crippen LogP contribution in [0.2, 0.25) is 0 Å². The molecule has 2 heterocycles. The van der Waals surface area contributed by atoms with Gasteiger partial charge in [0.05, 0.1) is 12.4 Å². The number of aromatic nitrogens is 2. The minimum absolute atomic E-state index is 0.129. The number of hydrogen-bond acceptors (Lipinski definition) is 5. The average molecular weight is 318 g/mol. The van der Waals surface area contributed by atoms with E-state index >= 15 is 0 Å². The zero-order chi connectivity index (χ0) is 15.6. The lowest BCUT2D eigenvalue weighted by atomic mass is 10.1. The maximum atomic E-state index is 12.5. The van der Waals surface area contributed by atoms with Gasteiger partial charge >= 0.3 is 0 Å². The molecule has 1 aliphatic rings. The van der Waals surface area contributed by atoms with Gasteiger partial charge in [-0.25, -0.2) is 18.4 Å². The van der Waals surface area contributed by atoms with Crippen LogP contribution in [0.4, 0.5) is 0 Å². The molecule has 1 aliphatic heterocycles. The van der Waals surface area contributed by atoms with Gasteiger partial charge in [-0.3, -0.25) is 0 Å². The Morgan fingerprint density at radius 1 is 1.18 bits per heavy atom. The maximum absolute atomic E-state index is 12.5. The van der Waals surface area contributed by atoms with Gasteiger partial charge in [0.15, 0.2) is 5.82 Å². The van der Waals surface area contributed by atoms with Crippen molar-refractivity contribution in [3.8, 4) is 11.4 Å². The van der Waals surface area contributed by atoms with Crippen molar-refractivity contribution in [2.24, 2.45) is 11.7 Å². The molecule has 0 spiro atoms. The van der Waals surface area contributed by atoms with E-state index in [4.69, 9.17) is 5.73 Å². The lowest BCUT2D eigenvalue weighted by Crippen LogP contribution is -2.30. The summed E-state index contributed by atoms with van der Waals surface area (Å²) in [6.07, 6.45) is 3.56. The van der Waals surface area contributed by atoms with Gasteiger partial charge < -0.3 is 5.73 Å². The molecular weight excluding hydrogens is 300 g/mol. The second-order valence-electron chi connectivity index (χ2n) is 5.36. The summed E-state index contributed by atoms with van der Waals surface area (Å²) < 4.78 is 26.6. The van der Waals surface area contributed by atoms with Gasteiger partial charge in [0, 0.05) is 18.7 Å². The molecule has 0 amide bonds. The van der Waals surface area contributed by atoms with Crippen LogP contribution in [-0.2, 0) is 10.0 Å². The van der Waals surface area contributed by atoms with E-state index in [1.807, 2.05) is 30.3 Å². The monoisotopic (exact) mass is 318 g/mol. The number of nitrogens with zero attached hydrogens (tertiary/aromatic N) is 3. The van der Waals surface area contributed by atoms with Crippen LogP contribution in [0.15, 0.2) is 47.6 Å². The largest absolute Gasteiger partial charge is 0.330 e. The van der Waals surface area contributed by atoms with Crippen LogP contribution in [0.5, 0.6) is 0 Å². The molecular formula is C15H18N4O2S. The highest BCUT2D eigenvalue weighted by Gasteiger charge is 2.32. The topological polar surface area (TPSA) is 89.2 Å². The van der Waals surface area contributed by atoms with Crippen LogP contribution in [0.25, 0.3) is 11.4 Å². The van der Waals surface area contributed by atoms with Crippen molar-refractivity contribution >= 4 is 10.0 Å². The molecule has 0 aliphatic carbocycles. The van der Waals surface area contributed by atoms with Crippen molar-refractivity contribution in [3.05, 3.63) is 42.7 Å². The fourth-order valence-corrected chi connectivity index (χ4v) is 3.97. The Morgan fingerprint density at radius 2 is 1.86 bits per heavy atom. The fraction of sp³-hybridized carbons (Fsp3) is 0.333. The third kappa shape index (κ3) is 2.87. The van der Waals surface area contributed by atoms with Gasteiger partial charge in [0.2, 0.25) is 10.0 Å². The highest BCUT2D eigenvalue weighted by molar-refractivity contribution is 7.89. The van der Waals surface area contributed by atoms with Crippen molar-refractivity contribution in [2.45, 2.75) is 11.3 Å². The third-order valence-electron chi connectivity index (χ3n) is 3.88. The summed E-state index contributed by atoms with van der Waals surface area (Å²) in [6.45, 7) is 1.49. The van der Waals surface area contributed by atoms with Crippen LogP contribution in [0.1, 0.15) is 6.42 Å². The normalized spacial score (nSPS) is 19.4. The van der Waals surface area contributed by atoms with Gasteiger partial charge in [0.1, 0.15) is 4.90 Å². The Hall–Kier alpha value is -1.83. The molecule has 116 valence electrons. The smallest absolute Gasteiger partial charge is 0.246 e. The molecule has 22 heavy (non-hydrogen) atoms. The molecule has 1 unspecified atom stereocenters. The summed E-state index contributed by atoms with van der Waals surface area (Å²) in [4.78, 5) is 8.50. The first-order valence-corrected chi connectivity index (χ1v) is 8.63. The molecule has 2 aromatic rings. The highest BCUT2D eigenvalue weighted by atomic mass is 32.2. The van der Waals surface area contributed by atoms with Crippen molar-refractivity contribution in [1.29, 1.82) is 0 Å². The molecule has 1 fully saturated rings. The Kier molecular flexibility index (Phi) is 4.19. The third-order valence-corrected chi connectivity index (χ3v) is 5.70. The standard InChI is InChI=1S/C15H18N4O2S/c16-8-12-6-7-19(11-12)22(20,21)14-9-17-15(18-10-14)13-4-2-1-3-5-13/h1-5,9-10,12H,6-8,11,16H2. The van der Waals surface area contributed by atoms with Crippen molar-refractivity contribution < 1.29 is 8.42 Å². The Labute approximate surface area is 130 Å². The Bertz CT molecular complexity index is 732. The molecule has 0 radical (unpaired) electrons. The zero-order valence-corrected chi connectivity index (χ0v) is 12.9. The summed E-state index contributed by atoms with van der Waals surface area (Å²) >= 11 is 0. The van der Waals surface area contributed by atoms with Crippen LogP contribution in [0.3, 0.4) is 0 Å². The van der Waals surface area contributed by atoms with Crippen molar-refractivity contribution in [3.63, 3.8) is 0 Å².